The molecule has 1 N–H and O–H groups in total. The van der Waals surface area contributed by atoms with Crippen molar-refractivity contribution in [3.63, 3.8) is 0 Å². The number of nitrogens with zero attached hydrogens (tertiary/aromatic N) is 4. The fourth-order valence-electron chi connectivity index (χ4n) is 1.75. The molecule has 23 heavy (non-hydrogen) atoms. The summed E-state index contributed by atoms with van der Waals surface area (Å²) in [5.74, 6) is 0.761. The third-order valence-corrected chi connectivity index (χ3v) is 3.66. The molecule has 0 amide bonds. The number of hydrogen-bond acceptors (Lipinski definition) is 3. The molecule has 0 spiro atoms. The average Bonchev–Trinajstić information content (AvgIpc) is 2.94. The zero-order valence-corrected chi connectivity index (χ0v) is 16.3. The second-order valence-electron chi connectivity index (χ2n) is 5.07. The molecule has 0 aliphatic rings. The highest BCUT2D eigenvalue weighted by molar-refractivity contribution is 9.10. The van der Waals surface area contributed by atoms with E-state index in [-0.39, 0.29) is 0 Å². The number of halogens is 2. The second-order valence-corrected chi connectivity index (χ2v) is 6.90. The Balaban J connectivity index is 0.000000172. The van der Waals surface area contributed by atoms with Crippen LogP contribution in [-0.4, -0.2) is 40.3 Å². The van der Waals surface area contributed by atoms with Gasteiger partial charge in [-0.05, 0) is 62.5 Å². The number of fused-ring (bicyclic) bond motifs is 1. The van der Waals surface area contributed by atoms with Crippen LogP contribution in [-0.2, 0) is 0 Å². The van der Waals surface area contributed by atoms with Crippen LogP contribution in [0.3, 0.4) is 0 Å². The van der Waals surface area contributed by atoms with Gasteiger partial charge in [0.05, 0.1) is 6.34 Å². The smallest absolute Gasteiger partial charge is 0.156 e. The summed E-state index contributed by atoms with van der Waals surface area (Å²) in [6.45, 7) is 1.99. The van der Waals surface area contributed by atoms with E-state index in [0.29, 0.717) is 0 Å². The Kier molecular flexibility index (Phi) is 6.29. The number of rotatable bonds is 2. The van der Waals surface area contributed by atoms with Crippen molar-refractivity contribution in [3.8, 4) is 0 Å². The number of H-pyrrole nitrogens is 1. The summed E-state index contributed by atoms with van der Waals surface area (Å²) < 4.78 is 1.99. The van der Waals surface area contributed by atoms with Gasteiger partial charge >= 0.3 is 0 Å². The molecule has 3 rings (SSSR count). The Labute approximate surface area is 152 Å². The largest absolute Gasteiger partial charge is 0.369 e. The Hall–Kier alpha value is -1.73. The first kappa shape index (κ1) is 17.6. The lowest BCUT2D eigenvalue weighted by Gasteiger charge is -2.03. The monoisotopic (exact) mass is 437 g/mol. The third-order valence-electron chi connectivity index (χ3n) is 2.79. The Bertz CT molecular complexity index is 811. The lowest BCUT2D eigenvalue weighted by atomic mass is 10.3. The van der Waals surface area contributed by atoms with Crippen molar-refractivity contribution in [2.75, 3.05) is 14.1 Å². The maximum atomic E-state index is 4.22. The van der Waals surface area contributed by atoms with Crippen molar-refractivity contribution in [1.29, 1.82) is 0 Å². The van der Waals surface area contributed by atoms with Crippen LogP contribution >= 0.6 is 31.9 Å². The second kappa shape index (κ2) is 8.21. The normalized spacial score (nSPS) is 10.7. The number of hydrogen-bond donors (Lipinski definition) is 1. The van der Waals surface area contributed by atoms with Crippen molar-refractivity contribution >= 4 is 55.0 Å². The van der Waals surface area contributed by atoms with E-state index < -0.39 is 0 Å². The summed E-state index contributed by atoms with van der Waals surface area (Å²) >= 11 is 6.69. The number of nitrogens with one attached hydrogen (secondary N) is 1. The van der Waals surface area contributed by atoms with Crippen molar-refractivity contribution in [3.05, 3.63) is 51.3 Å². The zero-order chi connectivity index (χ0) is 16.8. The molecule has 7 heteroatoms. The van der Waals surface area contributed by atoms with Gasteiger partial charge in [0, 0.05) is 47.0 Å². The van der Waals surface area contributed by atoms with Crippen molar-refractivity contribution in [2.24, 2.45) is 4.99 Å². The molecular formula is C16H17Br2N5. The summed E-state index contributed by atoms with van der Waals surface area (Å²) in [6, 6.07) is 6.02. The molecule has 3 heterocycles. The predicted octanol–water partition coefficient (Wildman–Crippen LogP) is 4.70. The Morgan fingerprint density at radius 3 is 2.52 bits per heavy atom. The van der Waals surface area contributed by atoms with E-state index >= 15 is 0 Å². The molecule has 0 radical (unpaired) electrons. The summed E-state index contributed by atoms with van der Waals surface area (Å²) in [7, 11) is 3.86. The van der Waals surface area contributed by atoms with Gasteiger partial charge in [0.2, 0.25) is 0 Å². The lowest BCUT2D eigenvalue weighted by molar-refractivity contribution is 0.643. The van der Waals surface area contributed by atoms with Crippen LogP contribution in [0.4, 0.5) is 5.82 Å². The average molecular weight is 439 g/mol. The van der Waals surface area contributed by atoms with Crippen molar-refractivity contribution in [2.45, 2.75) is 6.92 Å². The molecule has 0 saturated heterocycles. The number of aryl methyl sites for hydroxylation is 1. The van der Waals surface area contributed by atoms with Gasteiger partial charge in [0.15, 0.2) is 5.82 Å². The molecular weight excluding hydrogens is 422 g/mol. The fraction of sp³-hybridized carbons (Fsp3) is 0.188. The minimum absolute atomic E-state index is 0.761. The first-order valence-electron chi connectivity index (χ1n) is 6.87. The van der Waals surface area contributed by atoms with E-state index in [1.54, 1.807) is 18.7 Å². The number of aromatic amines is 1. The highest BCUT2D eigenvalue weighted by atomic mass is 79.9. The van der Waals surface area contributed by atoms with Crippen LogP contribution in [0.15, 0.2) is 50.7 Å². The van der Waals surface area contributed by atoms with Gasteiger partial charge in [0.25, 0.3) is 0 Å². The summed E-state index contributed by atoms with van der Waals surface area (Å²) in [5.41, 5.74) is 2.00. The van der Waals surface area contributed by atoms with E-state index in [2.05, 4.69) is 51.8 Å². The maximum absolute atomic E-state index is 4.22. The van der Waals surface area contributed by atoms with Gasteiger partial charge in [-0.3, -0.25) is 0 Å². The first-order chi connectivity index (χ1) is 11.0. The Morgan fingerprint density at radius 1 is 1.13 bits per heavy atom. The van der Waals surface area contributed by atoms with Gasteiger partial charge < -0.3 is 9.88 Å². The van der Waals surface area contributed by atoms with E-state index in [9.17, 15) is 0 Å². The molecule has 5 nitrogen and oxygen atoms in total. The highest BCUT2D eigenvalue weighted by Gasteiger charge is 1.97. The van der Waals surface area contributed by atoms with E-state index in [4.69, 9.17) is 0 Å². The van der Waals surface area contributed by atoms with Crippen LogP contribution in [0, 0.1) is 6.92 Å². The molecule has 0 aliphatic heterocycles. The molecule has 3 aromatic rings. The molecule has 0 fully saturated rings. The van der Waals surface area contributed by atoms with Gasteiger partial charge in [-0.25, -0.2) is 15.0 Å². The van der Waals surface area contributed by atoms with Gasteiger partial charge in [-0.1, -0.05) is 0 Å². The minimum atomic E-state index is 0.761. The summed E-state index contributed by atoms with van der Waals surface area (Å²) in [6.07, 6.45) is 7.14. The molecule has 0 saturated carbocycles. The molecule has 0 aromatic carbocycles. The summed E-state index contributed by atoms with van der Waals surface area (Å²) in [4.78, 5) is 17.4. The molecule has 0 aliphatic carbocycles. The number of pyridine rings is 2. The SMILES string of the molecule is Brc1cnc2[nH]ccc2c1.Cc1cc(Br)cnc1N=CN(C)C. The number of aromatic nitrogens is 3. The quantitative estimate of drug-likeness (QED) is 0.466. The highest BCUT2D eigenvalue weighted by Crippen LogP contribution is 2.18. The third kappa shape index (κ3) is 5.44. The van der Waals surface area contributed by atoms with Crippen molar-refractivity contribution in [1.82, 2.24) is 19.9 Å². The van der Waals surface area contributed by atoms with Crippen LogP contribution in [0.1, 0.15) is 5.56 Å². The van der Waals surface area contributed by atoms with Gasteiger partial charge in [-0.15, -0.1) is 0 Å². The van der Waals surface area contributed by atoms with E-state index in [1.807, 2.05) is 50.3 Å². The van der Waals surface area contributed by atoms with E-state index in [0.717, 1.165) is 31.4 Å². The maximum Gasteiger partial charge on any atom is 0.156 e. The van der Waals surface area contributed by atoms with Gasteiger partial charge in [-0.2, -0.15) is 0 Å². The molecule has 0 unspecified atom stereocenters. The number of aliphatic imine (C=N–C) groups is 1. The molecule has 120 valence electrons. The minimum Gasteiger partial charge on any atom is -0.369 e. The summed E-state index contributed by atoms with van der Waals surface area (Å²) in [5, 5.41) is 1.13. The van der Waals surface area contributed by atoms with E-state index in [1.165, 1.54) is 0 Å². The van der Waals surface area contributed by atoms with Crippen molar-refractivity contribution < 1.29 is 0 Å². The zero-order valence-electron chi connectivity index (χ0n) is 13.1. The van der Waals surface area contributed by atoms with Crippen LogP contribution < -0.4 is 0 Å². The first-order valence-corrected chi connectivity index (χ1v) is 8.45. The van der Waals surface area contributed by atoms with Gasteiger partial charge in [0.1, 0.15) is 5.65 Å². The topological polar surface area (TPSA) is 57.2 Å². The fourth-order valence-corrected chi connectivity index (χ4v) is 2.55. The molecule has 0 atom stereocenters. The Morgan fingerprint density at radius 2 is 1.83 bits per heavy atom. The van der Waals surface area contributed by atoms with Crippen LogP contribution in [0.2, 0.25) is 0 Å². The van der Waals surface area contributed by atoms with Crippen LogP contribution in [0.25, 0.3) is 11.0 Å². The van der Waals surface area contributed by atoms with Crippen LogP contribution in [0.5, 0.6) is 0 Å². The standard InChI is InChI=1S/C9H12BrN3.C7H5BrN2/c1-7-4-8(10)5-11-9(7)12-6-13(2)3;8-6-3-5-1-2-9-7(5)10-4-6/h4-6H,1-3H3;1-4H,(H,9,10). The lowest BCUT2D eigenvalue weighted by Crippen LogP contribution is -2.07. The molecule has 0 bridgehead atoms. The molecule has 3 aromatic heterocycles. The predicted molar refractivity (Wildman–Crippen MR) is 102 cm³/mol.